The number of rotatable bonds is 7. The first-order valence-electron chi connectivity index (χ1n) is 11.9. The first kappa shape index (κ1) is 24.8. The molecule has 0 bridgehead atoms. The lowest BCUT2D eigenvalue weighted by molar-refractivity contribution is -0.0785. The van der Waals surface area contributed by atoms with E-state index in [9.17, 15) is 27.9 Å². The van der Waals surface area contributed by atoms with Crippen LogP contribution in [0.5, 0.6) is 0 Å². The van der Waals surface area contributed by atoms with Gasteiger partial charge in [0.25, 0.3) is 17.4 Å². The van der Waals surface area contributed by atoms with Gasteiger partial charge in [-0.05, 0) is 67.5 Å². The summed E-state index contributed by atoms with van der Waals surface area (Å²) in [5, 5.41) is 16.1. The number of nitrogens with one attached hydrogen (secondary N) is 2. The number of benzene rings is 2. The third kappa shape index (κ3) is 4.64. The van der Waals surface area contributed by atoms with Crippen molar-refractivity contribution in [1.82, 2.24) is 19.9 Å². The average molecular weight is 511 g/mol. The van der Waals surface area contributed by atoms with E-state index in [2.05, 4.69) is 15.4 Å². The lowest BCUT2D eigenvalue weighted by atomic mass is 9.99. The van der Waals surface area contributed by atoms with E-state index in [4.69, 9.17) is 0 Å². The van der Waals surface area contributed by atoms with Crippen LogP contribution in [0.25, 0.3) is 16.9 Å². The third-order valence-electron chi connectivity index (χ3n) is 6.80. The number of amides is 1. The van der Waals surface area contributed by atoms with E-state index >= 15 is 0 Å². The first-order chi connectivity index (χ1) is 17.6. The van der Waals surface area contributed by atoms with Crippen LogP contribution in [0.2, 0.25) is 0 Å². The standard InChI is InChI=1S/C27H25F3N4O3/c1-14-3-4-18(11-15(14)2)24-32-26(37)22-21(16-5-6-16)20(12-34(22)33-24)25(36)31-23(27(29,30)13-35)17-7-9-19(28)10-8-17/h3-4,7-12,16,23,35H,5-6,13H2,1-2H3,(H,31,36)(H,32,33,37)/t23-/m0/s1. The maximum atomic E-state index is 14.7. The molecular formula is C27H25F3N4O3. The molecule has 1 aliphatic rings. The molecule has 5 rings (SSSR count). The zero-order valence-corrected chi connectivity index (χ0v) is 20.2. The fraction of sp³-hybridized carbons (Fsp3) is 0.296. The Balaban J connectivity index is 1.58. The van der Waals surface area contributed by atoms with Crippen molar-refractivity contribution in [3.8, 4) is 11.4 Å². The van der Waals surface area contributed by atoms with Crippen molar-refractivity contribution in [2.24, 2.45) is 0 Å². The van der Waals surface area contributed by atoms with Gasteiger partial charge in [-0.15, -0.1) is 5.10 Å². The number of aromatic nitrogens is 3. The van der Waals surface area contributed by atoms with Gasteiger partial charge >= 0.3 is 0 Å². The quantitative estimate of drug-likeness (QED) is 0.343. The molecule has 0 unspecified atom stereocenters. The van der Waals surface area contributed by atoms with Crippen LogP contribution in [0.15, 0.2) is 53.5 Å². The summed E-state index contributed by atoms with van der Waals surface area (Å²) in [6, 6.07) is 7.98. The van der Waals surface area contributed by atoms with Gasteiger partial charge in [0.05, 0.1) is 5.56 Å². The summed E-state index contributed by atoms with van der Waals surface area (Å²) >= 11 is 0. The highest BCUT2D eigenvalue weighted by atomic mass is 19.3. The van der Waals surface area contributed by atoms with Crippen LogP contribution >= 0.6 is 0 Å². The molecule has 3 N–H and O–H groups in total. The van der Waals surface area contributed by atoms with E-state index in [-0.39, 0.29) is 22.6 Å². The molecule has 37 heavy (non-hydrogen) atoms. The number of alkyl halides is 2. The lowest BCUT2D eigenvalue weighted by Crippen LogP contribution is -2.43. The Hall–Kier alpha value is -3.92. The van der Waals surface area contributed by atoms with Crippen LogP contribution in [0.3, 0.4) is 0 Å². The summed E-state index contributed by atoms with van der Waals surface area (Å²) in [5.74, 6) is -4.97. The monoisotopic (exact) mass is 510 g/mol. The second-order valence-corrected chi connectivity index (χ2v) is 9.50. The molecule has 10 heteroatoms. The highest BCUT2D eigenvalue weighted by Crippen LogP contribution is 2.44. The summed E-state index contributed by atoms with van der Waals surface area (Å²) in [4.78, 5) is 29.3. The number of hydrogen-bond donors (Lipinski definition) is 3. The molecular weight excluding hydrogens is 485 g/mol. The minimum absolute atomic E-state index is 0.0542. The molecule has 192 valence electrons. The average Bonchev–Trinajstić information content (AvgIpc) is 3.63. The van der Waals surface area contributed by atoms with E-state index in [1.807, 2.05) is 32.0 Å². The van der Waals surface area contributed by atoms with Gasteiger partial charge in [-0.3, -0.25) is 9.59 Å². The van der Waals surface area contributed by atoms with Crippen molar-refractivity contribution >= 4 is 11.4 Å². The van der Waals surface area contributed by atoms with Gasteiger partial charge in [-0.25, -0.2) is 17.7 Å². The second kappa shape index (κ2) is 9.19. The van der Waals surface area contributed by atoms with Crippen molar-refractivity contribution in [3.63, 3.8) is 0 Å². The van der Waals surface area contributed by atoms with Crippen LogP contribution in [0.1, 0.15) is 57.4 Å². The van der Waals surface area contributed by atoms with Crippen molar-refractivity contribution in [1.29, 1.82) is 0 Å². The van der Waals surface area contributed by atoms with Crippen molar-refractivity contribution in [2.75, 3.05) is 6.61 Å². The zero-order valence-electron chi connectivity index (χ0n) is 20.2. The Kier molecular flexibility index (Phi) is 6.15. The normalized spacial score (nSPS) is 14.6. The number of aliphatic hydroxyl groups excluding tert-OH is 1. The fourth-order valence-electron chi connectivity index (χ4n) is 4.48. The molecule has 1 fully saturated rings. The molecule has 7 nitrogen and oxygen atoms in total. The fourth-order valence-corrected chi connectivity index (χ4v) is 4.48. The Morgan fingerprint density at radius 2 is 1.89 bits per heavy atom. The van der Waals surface area contributed by atoms with E-state index < -0.39 is 35.9 Å². The topological polar surface area (TPSA) is 99.5 Å². The summed E-state index contributed by atoms with van der Waals surface area (Å²) in [6.45, 7) is 2.39. The van der Waals surface area contributed by atoms with Crippen molar-refractivity contribution in [2.45, 2.75) is 44.6 Å². The van der Waals surface area contributed by atoms with Gasteiger partial charge in [0, 0.05) is 17.3 Å². The smallest absolute Gasteiger partial charge is 0.294 e. The highest BCUT2D eigenvalue weighted by molar-refractivity contribution is 5.98. The molecule has 2 aromatic heterocycles. The SMILES string of the molecule is Cc1ccc(-c2nn3cc(C(=O)N[C@@H](c4ccc(F)cc4)C(F)(F)CO)c(C4CC4)c3c(=O)[nH]2)cc1C. The van der Waals surface area contributed by atoms with Crippen LogP contribution in [0, 0.1) is 19.7 Å². The second-order valence-electron chi connectivity index (χ2n) is 9.50. The minimum Gasteiger partial charge on any atom is -0.390 e. The number of nitrogens with zero attached hydrogens (tertiary/aromatic N) is 2. The Morgan fingerprint density at radius 1 is 1.19 bits per heavy atom. The maximum absolute atomic E-state index is 14.7. The number of aromatic amines is 1. The lowest BCUT2D eigenvalue weighted by Gasteiger charge is -2.26. The Bertz CT molecular complexity index is 1560. The van der Waals surface area contributed by atoms with E-state index in [0.717, 1.165) is 48.2 Å². The summed E-state index contributed by atoms with van der Waals surface area (Å²) in [5.41, 5.74) is 2.96. The number of aliphatic hydroxyl groups is 1. The molecule has 2 aromatic carbocycles. The summed E-state index contributed by atoms with van der Waals surface area (Å²) < 4.78 is 44.1. The summed E-state index contributed by atoms with van der Waals surface area (Å²) in [6.07, 6.45) is 2.86. The molecule has 0 aliphatic heterocycles. The van der Waals surface area contributed by atoms with Crippen LogP contribution in [-0.2, 0) is 0 Å². The Labute approximate surface area is 210 Å². The predicted molar refractivity (Wildman–Crippen MR) is 131 cm³/mol. The number of carbonyl (C=O) groups is 1. The molecule has 1 aliphatic carbocycles. The molecule has 0 radical (unpaired) electrons. The zero-order chi connectivity index (χ0) is 26.5. The van der Waals surface area contributed by atoms with Crippen LogP contribution in [0.4, 0.5) is 13.2 Å². The van der Waals surface area contributed by atoms with E-state index in [1.54, 1.807) is 0 Å². The Morgan fingerprint density at radius 3 is 2.51 bits per heavy atom. The van der Waals surface area contributed by atoms with Gasteiger partial charge < -0.3 is 15.4 Å². The molecule has 1 atom stereocenters. The largest absolute Gasteiger partial charge is 0.390 e. The summed E-state index contributed by atoms with van der Waals surface area (Å²) in [7, 11) is 0. The highest BCUT2D eigenvalue weighted by Gasteiger charge is 2.42. The van der Waals surface area contributed by atoms with Gasteiger partial charge in [0.15, 0.2) is 5.82 Å². The number of halogens is 3. The van der Waals surface area contributed by atoms with E-state index in [0.29, 0.717) is 17.0 Å². The van der Waals surface area contributed by atoms with Gasteiger partial charge in [-0.2, -0.15) is 0 Å². The minimum atomic E-state index is -3.72. The molecule has 0 saturated heterocycles. The van der Waals surface area contributed by atoms with Gasteiger partial charge in [0.2, 0.25) is 0 Å². The van der Waals surface area contributed by atoms with Gasteiger partial charge in [-0.1, -0.05) is 24.3 Å². The number of carbonyl (C=O) groups excluding carboxylic acids is 1. The predicted octanol–water partition coefficient (Wildman–Crippen LogP) is 4.42. The van der Waals surface area contributed by atoms with Crippen molar-refractivity contribution < 1.29 is 23.1 Å². The van der Waals surface area contributed by atoms with Crippen LogP contribution in [-0.4, -0.2) is 38.1 Å². The van der Waals surface area contributed by atoms with Crippen LogP contribution < -0.4 is 10.9 Å². The van der Waals surface area contributed by atoms with E-state index in [1.165, 1.54) is 10.7 Å². The number of fused-ring (bicyclic) bond motifs is 1. The number of H-pyrrole nitrogens is 1. The third-order valence-corrected chi connectivity index (χ3v) is 6.80. The van der Waals surface area contributed by atoms with Gasteiger partial charge in [0.1, 0.15) is 24.0 Å². The molecule has 4 aromatic rings. The maximum Gasteiger partial charge on any atom is 0.294 e. The molecule has 1 saturated carbocycles. The number of aryl methyl sites for hydroxylation is 2. The van der Waals surface area contributed by atoms with Crippen molar-refractivity contribution in [3.05, 3.63) is 92.6 Å². The first-order valence-corrected chi connectivity index (χ1v) is 11.9. The molecule has 1 amide bonds. The molecule has 2 heterocycles. The number of hydrogen-bond acceptors (Lipinski definition) is 4. The molecule has 0 spiro atoms.